The average molecular weight is 481 g/mol. The molecule has 1 fully saturated rings. The van der Waals surface area contributed by atoms with Gasteiger partial charge in [-0.15, -0.1) is 0 Å². The Kier molecular flexibility index (Phi) is 6.12. The van der Waals surface area contributed by atoms with Gasteiger partial charge in [-0.2, -0.15) is 0 Å². The molecule has 5 unspecified atom stereocenters. The van der Waals surface area contributed by atoms with Crippen molar-refractivity contribution in [2.24, 2.45) is 11.8 Å². The molecule has 2 aromatic carbocycles. The van der Waals surface area contributed by atoms with Gasteiger partial charge >= 0.3 is 5.97 Å². The third-order valence-electron chi connectivity index (χ3n) is 6.99. The first-order valence-corrected chi connectivity index (χ1v) is 10.9. The second-order valence-corrected chi connectivity index (χ2v) is 8.43. The molecule has 1 saturated carbocycles. The minimum atomic E-state index is -2.22. The molecule has 4 rings (SSSR count). The van der Waals surface area contributed by atoms with Gasteiger partial charge in [0.05, 0.1) is 32.8 Å². The largest absolute Gasteiger partial charge is 0.497 e. The summed E-state index contributed by atoms with van der Waals surface area (Å²) in [7, 11) is 4.41. The molecule has 1 aliphatic heterocycles. The number of aliphatic carboxylic acids is 1. The van der Waals surface area contributed by atoms with Crippen molar-refractivity contribution < 1.29 is 39.1 Å². The van der Waals surface area contributed by atoms with Crippen LogP contribution in [0.5, 0.6) is 23.0 Å². The van der Waals surface area contributed by atoms with E-state index in [1.165, 1.54) is 33.5 Å². The number of hydrogen-bond acceptors (Lipinski definition) is 7. The van der Waals surface area contributed by atoms with E-state index in [2.05, 4.69) is 13.2 Å². The van der Waals surface area contributed by atoms with Crippen molar-refractivity contribution in [2.45, 2.75) is 17.3 Å². The highest BCUT2D eigenvalue weighted by molar-refractivity contribution is 5.76. The van der Waals surface area contributed by atoms with Gasteiger partial charge in [0.1, 0.15) is 29.1 Å². The summed E-state index contributed by atoms with van der Waals surface area (Å²) in [5.41, 5.74) is -2.99. The molecule has 2 aromatic rings. The first kappa shape index (κ1) is 24.4. The standard InChI is InChI=1S/C27H28O8/c1-6-8-15(7-2)22-21(25(29)30)24(28)26(31)23-19(34-5)13-18(33-4)14-20(23)35-27(22,26)16-9-11-17(32-3)12-10-16/h6-14,21-22,24,28,31H,1-2H2,3-5H3,(H,29,30)/b15-8+. The summed E-state index contributed by atoms with van der Waals surface area (Å²) >= 11 is 0. The van der Waals surface area contributed by atoms with E-state index in [0.29, 0.717) is 22.6 Å². The fourth-order valence-electron chi connectivity index (χ4n) is 5.55. The predicted molar refractivity (Wildman–Crippen MR) is 128 cm³/mol. The van der Waals surface area contributed by atoms with E-state index in [9.17, 15) is 20.1 Å². The van der Waals surface area contributed by atoms with Gasteiger partial charge in [0.25, 0.3) is 0 Å². The van der Waals surface area contributed by atoms with Crippen LogP contribution in [-0.2, 0) is 16.0 Å². The van der Waals surface area contributed by atoms with Gasteiger partial charge in [0, 0.05) is 18.1 Å². The number of benzene rings is 2. The van der Waals surface area contributed by atoms with Crippen molar-refractivity contribution in [3.05, 3.63) is 84.5 Å². The van der Waals surface area contributed by atoms with Gasteiger partial charge in [-0.1, -0.05) is 43.5 Å². The van der Waals surface area contributed by atoms with Crippen LogP contribution in [0, 0.1) is 11.8 Å². The van der Waals surface area contributed by atoms with Crippen molar-refractivity contribution >= 4 is 5.97 Å². The number of allylic oxidation sites excluding steroid dienone is 3. The Balaban J connectivity index is 2.14. The lowest BCUT2D eigenvalue weighted by molar-refractivity contribution is -0.160. The fraction of sp³-hybridized carbons (Fsp3) is 0.296. The Bertz CT molecular complexity index is 1200. The van der Waals surface area contributed by atoms with Crippen LogP contribution < -0.4 is 18.9 Å². The maximum atomic E-state index is 12.6. The van der Waals surface area contributed by atoms with Gasteiger partial charge in [-0.25, -0.2) is 0 Å². The number of carboxylic acid groups (broad SMARTS) is 1. The fourth-order valence-corrected chi connectivity index (χ4v) is 5.55. The molecule has 8 heteroatoms. The zero-order chi connectivity index (χ0) is 25.5. The van der Waals surface area contributed by atoms with Gasteiger partial charge in [-0.05, 0) is 23.3 Å². The van der Waals surface area contributed by atoms with E-state index in [0.717, 1.165) is 0 Å². The van der Waals surface area contributed by atoms with Gasteiger partial charge in [0.2, 0.25) is 0 Å². The zero-order valence-corrected chi connectivity index (χ0v) is 19.7. The van der Waals surface area contributed by atoms with Crippen LogP contribution in [0.4, 0.5) is 0 Å². The van der Waals surface area contributed by atoms with Crippen LogP contribution in [-0.4, -0.2) is 48.7 Å². The minimum absolute atomic E-state index is 0.139. The first-order valence-electron chi connectivity index (χ1n) is 10.9. The molecular formula is C27H28O8. The number of fused-ring (bicyclic) bond motifs is 3. The van der Waals surface area contributed by atoms with Crippen molar-refractivity contribution in [3.63, 3.8) is 0 Å². The lowest BCUT2D eigenvalue weighted by Crippen LogP contribution is -2.52. The molecule has 1 heterocycles. The molecule has 0 bridgehead atoms. The molecule has 0 amide bonds. The summed E-state index contributed by atoms with van der Waals surface area (Å²) in [6.07, 6.45) is 2.80. The Morgan fingerprint density at radius 1 is 1.06 bits per heavy atom. The van der Waals surface area contributed by atoms with Crippen LogP contribution in [0.2, 0.25) is 0 Å². The maximum absolute atomic E-state index is 12.6. The van der Waals surface area contributed by atoms with Crippen molar-refractivity contribution in [1.82, 2.24) is 0 Å². The second-order valence-electron chi connectivity index (χ2n) is 8.43. The number of aliphatic hydroxyl groups is 2. The Morgan fingerprint density at radius 2 is 1.71 bits per heavy atom. The molecule has 0 aromatic heterocycles. The normalized spacial score (nSPS) is 28.9. The van der Waals surface area contributed by atoms with E-state index in [1.807, 2.05) is 0 Å². The number of hydrogen-bond donors (Lipinski definition) is 3. The third-order valence-corrected chi connectivity index (χ3v) is 6.99. The van der Waals surface area contributed by atoms with E-state index in [4.69, 9.17) is 18.9 Å². The highest BCUT2D eigenvalue weighted by Crippen LogP contribution is 2.69. The summed E-state index contributed by atoms with van der Waals surface area (Å²) in [5.74, 6) is -2.46. The van der Waals surface area contributed by atoms with E-state index >= 15 is 0 Å². The molecule has 1 aliphatic carbocycles. The average Bonchev–Trinajstić information content (AvgIpc) is 3.25. The molecule has 184 valence electrons. The molecule has 3 N–H and O–H groups in total. The van der Waals surface area contributed by atoms with Gasteiger partial charge in [-0.3, -0.25) is 4.79 Å². The SMILES string of the molecule is C=C/C=C(\C=C)C1C(C(=O)O)C(O)C2(O)c3c(OC)cc(OC)cc3OC12c1ccc(OC)cc1. The third kappa shape index (κ3) is 3.17. The van der Waals surface area contributed by atoms with E-state index in [1.54, 1.807) is 42.5 Å². The quantitative estimate of drug-likeness (QED) is 0.494. The summed E-state index contributed by atoms with van der Waals surface area (Å²) in [6.45, 7) is 7.58. The molecule has 8 nitrogen and oxygen atoms in total. The number of carbonyl (C=O) groups is 1. The molecule has 0 saturated heterocycles. The number of methoxy groups -OCH3 is 3. The lowest BCUT2D eigenvalue weighted by Gasteiger charge is -2.41. The first-order chi connectivity index (χ1) is 16.7. The monoisotopic (exact) mass is 480 g/mol. The maximum Gasteiger partial charge on any atom is 0.310 e. The van der Waals surface area contributed by atoms with Crippen molar-refractivity contribution in [3.8, 4) is 23.0 Å². The lowest BCUT2D eigenvalue weighted by atomic mass is 9.70. The molecule has 35 heavy (non-hydrogen) atoms. The van der Waals surface area contributed by atoms with Crippen molar-refractivity contribution in [2.75, 3.05) is 21.3 Å². The molecule has 5 atom stereocenters. The predicted octanol–water partition coefficient (Wildman–Crippen LogP) is 3.18. The number of aliphatic hydroxyl groups excluding tert-OH is 1. The molecule has 0 spiro atoms. The number of carboxylic acids is 1. The number of ether oxygens (including phenoxy) is 4. The smallest absolute Gasteiger partial charge is 0.310 e. The highest BCUT2D eigenvalue weighted by atomic mass is 16.5. The van der Waals surface area contributed by atoms with Crippen LogP contribution in [0.1, 0.15) is 11.1 Å². The molecular weight excluding hydrogens is 452 g/mol. The Morgan fingerprint density at radius 3 is 2.23 bits per heavy atom. The van der Waals surface area contributed by atoms with E-state index in [-0.39, 0.29) is 17.1 Å². The van der Waals surface area contributed by atoms with Crippen LogP contribution in [0.3, 0.4) is 0 Å². The zero-order valence-electron chi connectivity index (χ0n) is 19.7. The van der Waals surface area contributed by atoms with Crippen LogP contribution >= 0.6 is 0 Å². The molecule has 2 aliphatic rings. The summed E-state index contributed by atoms with van der Waals surface area (Å²) in [6, 6.07) is 9.84. The second kappa shape index (κ2) is 8.79. The van der Waals surface area contributed by atoms with Crippen molar-refractivity contribution in [1.29, 1.82) is 0 Å². The topological polar surface area (TPSA) is 115 Å². The summed E-state index contributed by atoms with van der Waals surface area (Å²) in [5, 5.41) is 34.3. The van der Waals surface area contributed by atoms with E-state index < -0.39 is 35.1 Å². The summed E-state index contributed by atoms with van der Waals surface area (Å²) < 4.78 is 22.8. The highest BCUT2D eigenvalue weighted by Gasteiger charge is 2.78. The van der Waals surface area contributed by atoms with Crippen LogP contribution in [0.15, 0.2) is 73.4 Å². The number of rotatable bonds is 8. The van der Waals surface area contributed by atoms with Crippen LogP contribution in [0.25, 0.3) is 0 Å². The Hall–Kier alpha value is -3.75. The van der Waals surface area contributed by atoms with Gasteiger partial charge < -0.3 is 34.3 Å². The molecule has 0 radical (unpaired) electrons. The Labute approximate surface area is 203 Å². The van der Waals surface area contributed by atoms with Gasteiger partial charge in [0.15, 0.2) is 11.2 Å². The summed E-state index contributed by atoms with van der Waals surface area (Å²) in [4.78, 5) is 12.6. The minimum Gasteiger partial charge on any atom is -0.497 e.